The minimum Gasteiger partial charge on any atom is -0.370 e. The van der Waals surface area contributed by atoms with Gasteiger partial charge in [-0.1, -0.05) is 6.92 Å². The second kappa shape index (κ2) is 8.09. The third-order valence-corrected chi connectivity index (χ3v) is 3.68. The fraction of sp³-hybridized carbons (Fsp3) is 0.692. The summed E-state index contributed by atoms with van der Waals surface area (Å²) in [4.78, 5) is 8.59. The maximum atomic E-state index is 11.1. The van der Waals surface area contributed by atoms with E-state index in [1.807, 2.05) is 6.92 Å². The predicted molar refractivity (Wildman–Crippen MR) is 82.2 cm³/mol. The van der Waals surface area contributed by atoms with Gasteiger partial charge in [0, 0.05) is 41.0 Å². The Balaban J connectivity index is 2.76. The number of hydrogen-bond donors (Lipinski definition) is 2. The van der Waals surface area contributed by atoms with Crippen LogP contribution in [0.3, 0.4) is 0 Å². The Kier molecular flexibility index (Phi) is 6.77. The molecule has 0 aliphatic rings. The number of nitrogens with one attached hydrogen (secondary N) is 2. The zero-order valence-electron chi connectivity index (χ0n) is 12.2. The smallest absolute Gasteiger partial charge is 0.134 e. The molecule has 0 aliphatic carbocycles. The first-order valence-electron chi connectivity index (χ1n) is 6.72. The summed E-state index contributed by atoms with van der Waals surface area (Å²) >= 11 is 0. The van der Waals surface area contributed by atoms with E-state index in [9.17, 15) is 4.21 Å². The third kappa shape index (κ3) is 5.14. The minimum absolute atomic E-state index is 0.249. The predicted octanol–water partition coefficient (Wildman–Crippen LogP) is 2.04. The highest BCUT2D eigenvalue weighted by Gasteiger charge is 2.11. The van der Waals surface area contributed by atoms with Crippen LogP contribution in [0.2, 0.25) is 0 Å². The Morgan fingerprint density at radius 1 is 1.32 bits per heavy atom. The summed E-state index contributed by atoms with van der Waals surface area (Å²) in [7, 11) is -0.744. The molecule has 0 saturated carbocycles. The van der Waals surface area contributed by atoms with Crippen molar-refractivity contribution < 1.29 is 4.21 Å². The zero-order chi connectivity index (χ0) is 14.3. The van der Waals surface area contributed by atoms with Crippen molar-refractivity contribution in [1.29, 1.82) is 0 Å². The molecule has 2 unspecified atom stereocenters. The van der Waals surface area contributed by atoms with Crippen LogP contribution < -0.4 is 10.6 Å². The molecule has 6 heteroatoms. The van der Waals surface area contributed by atoms with Crippen LogP contribution in [0.25, 0.3) is 0 Å². The molecule has 2 N–H and O–H groups in total. The Morgan fingerprint density at radius 2 is 2.00 bits per heavy atom. The van der Waals surface area contributed by atoms with Gasteiger partial charge >= 0.3 is 0 Å². The van der Waals surface area contributed by atoms with E-state index in [-0.39, 0.29) is 6.04 Å². The Labute approximate surface area is 118 Å². The molecule has 0 amide bonds. The van der Waals surface area contributed by atoms with E-state index in [2.05, 4.69) is 34.4 Å². The van der Waals surface area contributed by atoms with Crippen LogP contribution in [-0.2, 0) is 17.2 Å². The average Bonchev–Trinajstić information content (AvgIpc) is 2.37. The van der Waals surface area contributed by atoms with E-state index >= 15 is 0 Å². The van der Waals surface area contributed by atoms with Crippen molar-refractivity contribution in [3.63, 3.8) is 0 Å². The maximum absolute atomic E-state index is 11.1. The highest BCUT2D eigenvalue weighted by atomic mass is 32.2. The molecule has 0 spiro atoms. The van der Waals surface area contributed by atoms with Gasteiger partial charge in [-0.3, -0.25) is 4.21 Å². The fourth-order valence-electron chi connectivity index (χ4n) is 1.84. The zero-order valence-corrected chi connectivity index (χ0v) is 13.0. The molecule has 1 rings (SSSR count). The lowest BCUT2D eigenvalue weighted by molar-refractivity contribution is 0.678. The lowest BCUT2D eigenvalue weighted by atomic mass is 10.2. The van der Waals surface area contributed by atoms with Crippen molar-refractivity contribution >= 4 is 22.4 Å². The van der Waals surface area contributed by atoms with Crippen LogP contribution in [0.15, 0.2) is 6.33 Å². The second-order valence-corrected chi connectivity index (χ2v) is 6.10. The average molecular weight is 284 g/mol. The molecule has 5 nitrogen and oxygen atoms in total. The molecule has 0 aromatic carbocycles. The molecule has 0 fully saturated rings. The number of hydrogen-bond acceptors (Lipinski definition) is 5. The highest BCUT2D eigenvalue weighted by molar-refractivity contribution is 7.84. The summed E-state index contributed by atoms with van der Waals surface area (Å²) in [6, 6.07) is 0.249. The second-order valence-electron chi connectivity index (χ2n) is 4.54. The molecular formula is C13H24N4OS. The first-order chi connectivity index (χ1) is 9.08. The lowest BCUT2D eigenvalue weighted by Crippen LogP contribution is -2.20. The molecule has 1 aromatic heterocycles. The van der Waals surface area contributed by atoms with Gasteiger partial charge in [-0.05, 0) is 26.7 Å². The summed E-state index contributed by atoms with van der Waals surface area (Å²) < 4.78 is 11.1. The molecule has 0 radical (unpaired) electrons. The number of rotatable bonds is 8. The Hall–Kier alpha value is -1.17. The van der Waals surface area contributed by atoms with Crippen molar-refractivity contribution in [2.45, 2.75) is 39.7 Å². The van der Waals surface area contributed by atoms with E-state index in [1.165, 1.54) is 0 Å². The molecule has 1 heterocycles. The molecule has 2 atom stereocenters. The summed E-state index contributed by atoms with van der Waals surface area (Å²) in [5, 5.41) is 6.64. The van der Waals surface area contributed by atoms with Crippen LogP contribution in [0, 0.1) is 0 Å². The summed E-state index contributed by atoms with van der Waals surface area (Å²) in [5.74, 6) is 2.48. The van der Waals surface area contributed by atoms with E-state index in [0.29, 0.717) is 5.75 Å². The molecule has 0 aliphatic heterocycles. The van der Waals surface area contributed by atoms with Gasteiger partial charge in [0.05, 0.1) is 0 Å². The number of anilines is 2. The van der Waals surface area contributed by atoms with E-state index in [0.717, 1.165) is 36.6 Å². The quantitative estimate of drug-likeness (QED) is 0.764. The SMILES string of the molecule is CCNc1ncnc(NC(C)CCS(C)=O)c1CC. The fourth-order valence-corrected chi connectivity index (χ4v) is 2.53. The van der Waals surface area contributed by atoms with Crippen LogP contribution in [0.1, 0.15) is 32.8 Å². The number of aromatic nitrogens is 2. The van der Waals surface area contributed by atoms with Crippen molar-refractivity contribution in [1.82, 2.24) is 9.97 Å². The number of nitrogens with zero attached hydrogens (tertiary/aromatic N) is 2. The highest BCUT2D eigenvalue weighted by Crippen LogP contribution is 2.21. The van der Waals surface area contributed by atoms with Gasteiger partial charge in [0.2, 0.25) is 0 Å². The largest absolute Gasteiger partial charge is 0.370 e. The molecule has 0 bridgehead atoms. The molecule has 0 saturated heterocycles. The van der Waals surface area contributed by atoms with Gasteiger partial charge < -0.3 is 10.6 Å². The molecule has 108 valence electrons. The normalized spacial score (nSPS) is 13.9. The summed E-state index contributed by atoms with van der Waals surface area (Å²) in [6.07, 6.45) is 5.05. The van der Waals surface area contributed by atoms with Gasteiger partial charge in [0.25, 0.3) is 0 Å². The van der Waals surface area contributed by atoms with E-state index < -0.39 is 10.8 Å². The van der Waals surface area contributed by atoms with Gasteiger partial charge in [-0.15, -0.1) is 0 Å². The standard InChI is InChI=1S/C13H24N4OS/c1-5-11-12(14-6-2)15-9-16-13(11)17-10(3)7-8-19(4)18/h9-10H,5-8H2,1-4H3,(H2,14,15,16,17). The van der Waals surface area contributed by atoms with Gasteiger partial charge in [-0.25, -0.2) is 9.97 Å². The van der Waals surface area contributed by atoms with Crippen LogP contribution >= 0.6 is 0 Å². The first-order valence-corrected chi connectivity index (χ1v) is 8.45. The maximum Gasteiger partial charge on any atom is 0.134 e. The Bertz CT molecular complexity index is 425. The van der Waals surface area contributed by atoms with Crippen molar-refractivity contribution in [3.8, 4) is 0 Å². The van der Waals surface area contributed by atoms with Crippen LogP contribution in [0.5, 0.6) is 0 Å². The van der Waals surface area contributed by atoms with Crippen molar-refractivity contribution in [2.24, 2.45) is 0 Å². The first kappa shape index (κ1) is 15.9. The van der Waals surface area contributed by atoms with E-state index in [4.69, 9.17) is 0 Å². The minimum atomic E-state index is -0.744. The van der Waals surface area contributed by atoms with Gasteiger partial charge in [0.1, 0.15) is 18.0 Å². The van der Waals surface area contributed by atoms with Crippen LogP contribution in [0.4, 0.5) is 11.6 Å². The molecular weight excluding hydrogens is 260 g/mol. The van der Waals surface area contributed by atoms with Crippen molar-refractivity contribution in [2.75, 3.05) is 29.2 Å². The molecule has 19 heavy (non-hydrogen) atoms. The summed E-state index contributed by atoms with van der Waals surface area (Å²) in [5.41, 5.74) is 1.11. The third-order valence-electron chi connectivity index (χ3n) is 2.86. The monoisotopic (exact) mass is 284 g/mol. The van der Waals surface area contributed by atoms with Gasteiger partial charge in [0.15, 0.2) is 0 Å². The van der Waals surface area contributed by atoms with Crippen LogP contribution in [-0.4, -0.2) is 38.8 Å². The lowest BCUT2D eigenvalue weighted by Gasteiger charge is -2.18. The topological polar surface area (TPSA) is 66.9 Å². The van der Waals surface area contributed by atoms with Gasteiger partial charge in [-0.2, -0.15) is 0 Å². The Morgan fingerprint density at radius 3 is 2.58 bits per heavy atom. The summed E-state index contributed by atoms with van der Waals surface area (Å²) in [6.45, 7) is 7.07. The van der Waals surface area contributed by atoms with E-state index in [1.54, 1.807) is 12.6 Å². The molecule has 1 aromatic rings. The van der Waals surface area contributed by atoms with Crippen molar-refractivity contribution in [3.05, 3.63) is 11.9 Å².